The number of aliphatic hydroxyl groups is 1. The average molecular weight is 208 g/mol. The van der Waals surface area contributed by atoms with Crippen LogP contribution in [-0.2, 0) is 0 Å². The molecule has 0 amide bonds. The van der Waals surface area contributed by atoms with Crippen molar-refractivity contribution in [1.29, 1.82) is 0 Å². The van der Waals surface area contributed by atoms with Gasteiger partial charge in [-0.1, -0.05) is 18.2 Å². The number of hydrogen-bond acceptors (Lipinski definition) is 2. The van der Waals surface area contributed by atoms with Gasteiger partial charge in [0, 0.05) is 9.64 Å². The predicted octanol–water partition coefficient (Wildman–Crippen LogP) is 3.08. The molecule has 1 saturated carbocycles. The Bertz CT molecular complexity index is 298. The van der Waals surface area contributed by atoms with Gasteiger partial charge < -0.3 is 5.11 Å². The molecule has 0 radical (unpaired) electrons. The van der Waals surface area contributed by atoms with Crippen molar-refractivity contribution in [2.45, 2.75) is 41.9 Å². The third-order valence-electron chi connectivity index (χ3n) is 2.95. The molecule has 2 rings (SSSR count). The molecule has 1 N–H and O–H groups in total. The molecular weight excluding hydrogens is 192 g/mol. The topological polar surface area (TPSA) is 20.2 Å². The third kappa shape index (κ3) is 1.96. The third-order valence-corrected chi connectivity index (χ3v) is 4.40. The molecule has 0 aliphatic heterocycles. The number of thioether (sulfide) groups is 1. The van der Waals surface area contributed by atoms with Crippen molar-refractivity contribution in [2.24, 2.45) is 0 Å². The van der Waals surface area contributed by atoms with Crippen molar-refractivity contribution in [3.05, 3.63) is 30.3 Å². The van der Waals surface area contributed by atoms with Gasteiger partial charge in [-0.05, 0) is 38.3 Å². The largest absolute Gasteiger partial charge is 0.392 e. The van der Waals surface area contributed by atoms with Gasteiger partial charge in [0.1, 0.15) is 0 Å². The second kappa shape index (κ2) is 3.95. The van der Waals surface area contributed by atoms with Crippen LogP contribution in [-0.4, -0.2) is 16.0 Å². The van der Waals surface area contributed by atoms with Crippen LogP contribution >= 0.6 is 11.8 Å². The fourth-order valence-corrected chi connectivity index (χ4v) is 3.33. The van der Waals surface area contributed by atoms with Crippen molar-refractivity contribution in [2.75, 3.05) is 0 Å². The van der Waals surface area contributed by atoms with E-state index in [2.05, 4.69) is 19.1 Å². The van der Waals surface area contributed by atoms with Gasteiger partial charge in [0.15, 0.2) is 0 Å². The van der Waals surface area contributed by atoms with E-state index >= 15 is 0 Å². The normalized spacial score (nSPS) is 32.0. The first kappa shape index (κ1) is 10.1. The molecule has 14 heavy (non-hydrogen) atoms. The zero-order valence-corrected chi connectivity index (χ0v) is 9.26. The van der Waals surface area contributed by atoms with E-state index in [1.54, 1.807) is 0 Å². The summed E-state index contributed by atoms with van der Waals surface area (Å²) in [5.74, 6) is 0. The fourth-order valence-electron chi connectivity index (χ4n) is 2.00. The first-order chi connectivity index (χ1) is 6.71. The number of rotatable bonds is 2. The van der Waals surface area contributed by atoms with Gasteiger partial charge in [-0.25, -0.2) is 0 Å². The second-order valence-corrected chi connectivity index (χ2v) is 5.74. The second-order valence-electron chi connectivity index (χ2n) is 4.14. The Hall–Kier alpha value is -0.470. The molecule has 0 bridgehead atoms. The minimum absolute atomic E-state index is 0.0291. The van der Waals surface area contributed by atoms with Crippen molar-refractivity contribution in [1.82, 2.24) is 0 Å². The summed E-state index contributed by atoms with van der Waals surface area (Å²) in [4.78, 5) is 1.26. The summed E-state index contributed by atoms with van der Waals surface area (Å²) in [6.45, 7) is 2.17. The minimum Gasteiger partial charge on any atom is -0.392 e. The van der Waals surface area contributed by atoms with Crippen LogP contribution in [0.25, 0.3) is 0 Å². The van der Waals surface area contributed by atoms with E-state index in [1.165, 1.54) is 4.90 Å². The quantitative estimate of drug-likeness (QED) is 0.806. The van der Waals surface area contributed by atoms with Crippen LogP contribution in [0.5, 0.6) is 0 Å². The molecule has 1 aliphatic carbocycles. The Balaban J connectivity index is 2.10. The van der Waals surface area contributed by atoms with Gasteiger partial charge in [-0.2, -0.15) is 0 Å². The van der Waals surface area contributed by atoms with Crippen LogP contribution in [0, 0.1) is 0 Å². The molecule has 1 aromatic carbocycles. The predicted molar refractivity (Wildman–Crippen MR) is 60.6 cm³/mol. The van der Waals surface area contributed by atoms with Gasteiger partial charge >= 0.3 is 0 Å². The number of hydrogen-bond donors (Lipinski definition) is 1. The van der Waals surface area contributed by atoms with E-state index in [0.717, 1.165) is 19.3 Å². The smallest absolute Gasteiger partial charge is 0.0687 e. The fraction of sp³-hybridized carbons (Fsp3) is 0.500. The summed E-state index contributed by atoms with van der Waals surface area (Å²) >= 11 is 1.81. The highest BCUT2D eigenvalue weighted by Gasteiger charge is 2.38. The van der Waals surface area contributed by atoms with E-state index in [0.29, 0.717) is 0 Å². The van der Waals surface area contributed by atoms with Crippen LogP contribution < -0.4 is 0 Å². The lowest BCUT2D eigenvalue weighted by Gasteiger charge is -2.27. The van der Waals surface area contributed by atoms with Crippen molar-refractivity contribution < 1.29 is 5.11 Å². The molecule has 2 atom stereocenters. The van der Waals surface area contributed by atoms with Crippen LogP contribution in [0.1, 0.15) is 26.2 Å². The Kier molecular flexibility index (Phi) is 2.84. The van der Waals surface area contributed by atoms with E-state index in [1.807, 2.05) is 30.0 Å². The van der Waals surface area contributed by atoms with E-state index in [4.69, 9.17) is 0 Å². The molecular formula is C12H16OS. The zero-order chi connectivity index (χ0) is 10.0. The van der Waals surface area contributed by atoms with E-state index < -0.39 is 0 Å². The van der Waals surface area contributed by atoms with Gasteiger partial charge in [-0.15, -0.1) is 11.8 Å². The van der Waals surface area contributed by atoms with Crippen molar-refractivity contribution >= 4 is 11.8 Å². The van der Waals surface area contributed by atoms with Gasteiger partial charge in [0.05, 0.1) is 6.10 Å². The van der Waals surface area contributed by atoms with Crippen LogP contribution in [0.3, 0.4) is 0 Å². The standard InChI is InChI=1S/C12H16OS/c1-12(9-5-8-11(12)13)14-10-6-3-2-4-7-10/h2-4,6-7,11,13H,5,8-9H2,1H3/t11-,12+/m1/s1. The van der Waals surface area contributed by atoms with Crippen LogP contribution in [0.15, 0.2) is 35.2 Å². The monoisotopic (exact) mass is 208 g/mol. The molecule has 0 aromatic heterocycles. The first-order valence-corrected chi connectivity index (χ1v) is 5.94. The zero-order valence-electron chi connectivity index (χ0n) is 8.44. The maximum absolute atomic E-state index is 9.89. The maximum atomic E-state index is 9.89. The average Bonchev–Trinajstić information content (AvgIpc) is 2.48. The van der Waals surface area contributed by atoms with Crippen molar-refractivity contribution in [3.63, 3.8) is 0 Å². The summed E-state index contributed by atoms with van der Waals surface area (Å²) < 4.78 is 0.0291. The highest BCUT2D eigenvalue weighted by Crippen LogP contribution is 2.44. The Morgan fingerprint density at radius 3 is 2.64 bits per heavy atom. The molecule has 0 saturated heterocycles. The van der Waals surface area contributed by atoms with Gasteiger partial charge in [0.2, 0.25) is 0 Å². The molecule has 0 heterocycles. The molecule has 76 valence electrons. The summed E-state index contributed by atoms with van der Waals surface area (Å²) in [5, 5.41) is 9.89. The summed E-state index contributed by atoms with van der Waals surface area (Å²) in [5.41, 5.74) is 0. The highest BCUT2D eigenvalue weighted by molar-refractivity contribution is 8.00. The summed E-state index contributed by atoms with van der Waals surface area (Å²) in [7, 11) is 0. The van der Waals surface area contributed by atoms with Gasteiger partial charge in [0.25, 0.3) is 0 Å². The summed E-state index contributed by atoms with van der Waals surface area (Å²) in [6, 6.07) is 10.3. The number of benzene rings is 1. The van der Waals surface area contributed by atoms with E-state index in [9.17, 15) is 5.11 Å². The molecule has 1 aliphatic rings. The lowest BCUT2D eigenvalue weighted by Crippen LogP contribution is -2.29. The number of aliphatic hydroxyl groups excluding tert-OH is 1. The Morgan fingerprint density at radius 2 is 2.07 bits per heavy atom. The van der Waals surface area contributed by atoms with Crippen LogP contribution in [0.2, 0.25) is 0 Å². The molecule has 1 fully saturated rings. The first-order valence-electron chi connectivity index (χ1n) is 5.13. The molecule has 0 spiro atoms. The molecule has 1 nitrogen and oxygen atoms in total. The highest BCUT2D eigenvalue weighted by atomic mass is 32.2. The Labute approximate surface area is 89.5 Å². The van der Waals surface area contributed by atoms with Crippen LogP contribution in [0.4, 0.5) is 0 Å². The van der Waals surface area contributed by atoms with E-state index in [-0.39, 0.29) is 10.9 Å². The molecule has 1 aromatic rings. The summed E-state index contributed by atoms with van der Waals surface area (Å²) in [6.07, 6.45) is 3.08. The molecule has 0 unspecified atom stereocenters. The molecule has 2 heteroatoms. The van der Waals surface area contributed by atoms with Crippen molar-refractivity contribution in [3.8, 4) is 0 Å². The Morgan fingerprint density at radius 1 is 1.36 bits per heavy atom. The SMILES string of the molecule is C[C@]1(Sc2ccccc2)CCC[C@H]1O. The lowest BCUT2D eigenvalue weighted by molar-refractivity contribution is 0.157. The lowest BCUT2D eigenvalue weighted by atomic mass is 10.1. The van der Waals surface area contributed by atoms with Gasteiger partial charge in [-0.3, -0.25) is 0 Å². The minimum atomic E-state index is -0.146. The maximum Gasteiger partial charge on any atom is 0.0687 e.